The molecule has 4 rings (SSSR count). The van der Waals surface area contributed by atoms with Crippen LogP contribution in [0.3, 0.4) is 0 Å². The van der Waals surface area contributed by atoms with Gasteiger partial charge in [0, 0.05) is 25.7 Å². The maximum Gasteiger partial charge on any atom is 0.411 e. The minimum Gasteiger partial charge on any atom is -0.445 e. The van der Waals surface area contributed by atoms with E-state index in [1.54, 1.807) is 4.90 Å². The number of fused-ring (bicyclic) bond motifs is 1. The van der Waals surface area contributed by atoms with Crippen molar-refractivity contribution in [2.24, 2.45) is 0 Å². The number of thiazole rings is 1. The number of carbonyl (C=O) groups excluding carboxylic acids is 4. The molecule has 2 heterocycles. The van der Waals surface area contributed by atoms with Crippen molar-refractivity contribution in [1.29, 1.82) is 0 Å². The number of likely N-dealkylation sites (tertiary alicyclic amines) is 1. The Morgan fingerprint density at radius 3 is 2.39 bits per heavy atom. The number of aromatic nitrogens is 1. The first-order valence-corrected chi connectivity index (χ1v) is 15.4. The lowest BCUT2D eigenvalue weighted by molar-refractivity contribution is -0.135. The van der Waals surface area contributed by atoms with Crippen molar-refractivity contribution >= 4 is 50.7 Å². The maximum atomic E-state index is 13.5. The number of likely N-dealkylation sites (N-methyl/N-ethyl adjacent to an activating group) is 1. The topological polar surface area (TPSA) is 121 Å². The van der Waals surface area contributed by atoms with Crippen molar-refractivity contribution in [3.05, 3.63) is 59.7 Å². The summed E-state index contributed by atoms with van der Waals surface area (Å²) in [5, 5.41) is 3.22. The molecule has 0 aliphatic carbocycles. The van der Waals surface area contributed by atoms with E-state index in [-0.39, 0.29) is 19.7 Å². The number of ether oxygens (including phenoxy) is 2. The zero-order valence-corrected chi connectivity index (χ0v) is 27.0. The predicted molar refractivity (Wildman–Crippen MR) is 169 cm³/mol. The molecule has 0 bridgehead atoms. The summed E-state index contributed by atoms with van der Waals surface area (Å²) in [5.74, 6) is -0.820. The summed E-state index contributed by atoms with van der Waals surface area (Å²) in [7, 11) is 1.52. The highest BCUT2D eigenvalue weighted by molar-refractivity contribution is 7.22. The number of anilines is 1. The Morgan fingerprint density at radius 2 is 1.73 bits per heavy atom. The van der Waals surface area contributed by atoms with Gasteiger partial charge in [-0.2, -0.15) is 0 Å². The van der Waals surface area contributed by atoms with Crippen molar-refractivity contribution in [3.8, 4) is 0 Å². The molecule has 0 spiro atoms. The molecule has 3 aromatic rings. The maximum absolute atomic E-state index is 13.5. The SMILES string of the molecule is Cc1ccc2nc(NC(=O)CN(C)C(=O)CN(C(=O)OCc3ccccc3)C3(C)CCN(C(=O)OC(C)(C)C)CC3)sc2c1. The molecule has 2 aromatic carbocycles. The van der Waals surface area contributed by atoms with Crippen LogP contribution in [0.25, 0.3) is 10.2 Å². The van der Waals surface area contributed by atoms with Gasteiger partial charge in [0.25, 0.3) is 0 Å². The van der Waals surface area contributed by atoms with E-state index in [0.29, 0.717) is 31.1 Å². The quantitative estimate of drug-likeness (QED) is 0.355. The number of hydrogen-bond donors (Lipinski definition) is 1. The average molecular weight is 624 g/mol. The smallest absolute Gasteiger partial charge is 0.411 e. The lowest BCUT2D eigenvalue weighted by atomic mass is 9.88. The molecule has 1 N–H and O–H groups in total. The highest BCUT2D eigenvalue weighted by Crippen LogP contribution is 2.31. The molecule has 1 aliphatic heterocycles. The highest BCUT2D eigenvalue weighted by atomic mass is 32.1. The van der Waals surface area contributed by atoms with Crippen molar-refractivity contribution < 1.29 is 28.7 Å². The highest BCUT2D eigenvalue weighted by Gasteiger charge is 2.42. The van der Waals surface area contributed by atoms with Crippen LogP contribution in [-0.4, -0.2) is 88.1 Å². The minimum atomic E-state index is -0.774. The lowest BCUT2D eigenvalue weighted by Gasteiger charge is -2.46. The molecule has 0 atom stereocenters. The van der Waals surface area contributed by atoms with Gasteiger partial charge in [-0.1, -0.05) is 47.7 Å². The van der Waals surface area contributed by atoms with E-state index in [4.69, 9.17) is 9.47 Å². The third-order valence-electron chi connectivity index (χ3n) is 7.46. The minimum absolute atomic E-state index is 0.0460. The average Bonchev–Trinajstić information content (AvgIpc) is 3.35. The number of carbonyl (C=O) groups is 4. The Balaban J connectivity index is 1.42. The predicted octanol–water partition coefficient (Wildman–Crippen LogP) is 5.43. The molecule has 0 saturated carbocycles. The lowest BCUT2D eigenvalue weighted by Crippen LogP contribution is -2.59. The third kappa shape index (κ3) is 8.68. The van der Waals surface area contributed by atoms with E-state index in [0.717, 1.165) is 21.3 Å². The second kappa shape index (κ2) is 13.6. The van der Waals surface area contributed by atoms with E-state index in [1.165, 1.54) is 28.2 Å². The fraction of sp³-hybridized carbons (Fsp3) is 0.469. The van der Waals surface area contributed by atoms with Crippen LogP contribution >= 0.6 is 11.3 Å². The number of nitrogens with one attached hydrogen (secondary N) is 1. The number of piperidine rings is 1. The molecule has 1 aromatic heterocycles. The molecule has 12 heteroatoms. The Hall–Kier alpha value is -4.19. The summed E-state index contributed by atoms with van der Waals surface area (Å²) >= 11 is 1.36. The van der Waals surface area contributed by atoms with E-state index >= 15 is 0 Å². The fourth-order valence-corrected chi connectivity index (χ4v) is 5.82. The second-order valence-corrected chi connectivity index (χ2v) is 13.4. The van der Waals surface area contributed by atoms with Gasteiger partial charge in [0.1, 0.15) is 18.8 Å². The summed E-state index contributed by atoms with van der Waals surface area (Å²) < 4.78 is 12.1. The first kappa shape index (κ1) is 32.7. The van der Waals surface area contributed by atoms with Crippen LogP contribution in [0.15, 0.2) is 48.5 Å². The van der Waals surface area contributed by atoms with Gasteiger partial charge >= 0.3 is 12.2 Å². The van der Waals surface area contributed by atoms with Gasteiger partial charge < -0.3 is 24.6 Å². The summed E-state index contributed by atoms with van der Waals surface area (Å²) in [6.45, 7) is 9.55. The Kier molecular flexibility index (Phi) is 10.1. The molecule has 0 radical (unpaired) electrons. The van der Waals surface area contributed by atoms with Gasteiger partial charge in [-0.25, -0.2) is 14.6 Å². The van der Waals surface area contributed by atoms with E-state index in [9.17, 15) is 19.2 Å². The number of aryl methyl sites for hydroxylation is 1. The Bertz CT molecular complexity index is 1490. The van der Waals surface area contributed by atoms with Crippen LogP contribution in [0.4, 0.5) is 14.7 Å². The molecule has 1 fully saturated rings. The van der Waals surface area contributed by atoms with Crippen LogP contribution in [0, 0.1) is 6.92 Å². The second-order valence-electron chi connectivity index (χ2n) is 12.4. The number of hydrogen-bond acceptors (Lipinski definition) is 8. The normalized spacial score (nSPS) is 14.5. The van der Waals surface area contributed by atoms with Gasteiger partial charge in [-0.3, -0.25) is 14.5 Å². The Labute approximate surface area is 262 Å². The molecule has 0 unspecified atom stereocenters. The molecule has 44 heavy (non-hydrogen) atoms. The van der Waals surface area contributed by atoms with Crippen molar-refractivity contribution in [1.82, 2.24) is 19.7 Å². The monoisotopic (exact) mass is 623 g/mol. The standard InChI is InChI=1S/C32H41N5O6S/c1-22-12-13-24-25(18-22)44-28(33-24)34-26(38)19-35(6)27(39)20-37(30(41)42-21-23-10-8-7-9-11-23)32(5)14-16-36(17-15-32)29(40)43-31(2,3)4/h7-13,18H,14-17,19-21H2,1-6H3,(H,33,34,38). The van der Waals surface area contributed by atoms with Gasteiger partial charge in [0.15, 0.2) is 5.13 Å². The van der Waals surface area contributed by atoms with E-state index in [1.807, 2.05) is 83.1 Å². The number of benzene rings is 2. The van der Waals surface area contributed by atoms with Crippen molar-refractivity contribution in [2.45, 2.75) is 65.2 Å². The summed E-state index contributed by atoms with van der Waals surface area (Å²) in [6.07, 6.45) is -0.219. The molecule has 1 aliphatic rings. The molecular formula is C32H41N5O6S. The number of rotatable bonds is 8. The van der Waals surface area contributed by atoms with Gasteiger partial charge in [0.2, 0.25) is 11.8 Å². The van der Waals surface area contributed by atoms with Crippen LogP contribution < -0.4 is 5.32 Å². The van der Waals surface area contributed by atoms with Crippen LogP contribution in [0.1, 0.15) is 51.7 Å². The van der Waals surface area contributed by atoms with Gasteiger partial charge in [0.05, 0.1) is 16.8 Å². The first-order chi connectivity index (χ1) is 20.7. The largest absolute Gasteiger partial charge is 0.445 e. The van der Waals surface area contributed by atoms with Gasteiger partial charge in [-0.05, 0) is 70.7 Å². The van der Waals surface area contributed by atoms with Crippen LogP contribution in [0.5, 0.6) is 0 Å². The zero-order valence-electron chi connectivity index (χ0n) is 26.2. The van der Waals surface area contributed by atoms with Crippen LogP contribution in [-0.2, 0) is 25.7 Å². The first-order valence-electron chi connectivity index (χ1n) is 14.6. The molecule has 11 nitrogen and oxygen atoms in total. The fourth-order valence-electron chi connectivity index (χ4n) is 4.84. The van der Waals surface area contributed by atoms with Crippen molar-refractivity contribution in [3.63, 3.8) is 0 Å². The zero-order chi connectivity index (χ0) is 32.1. The summed E-state index contributed by atoms with van der Waals surface area (Å²) in [6, 6.07) is 15.1. The third-order valence-corrected chi connectivity index (χ3v) is 8.39. The molecule has 4 amide bonds. The molecular weight excluding hydrogens is 582 g/mol. The van der Waals surface area contributed by atoms with Crippen LogP contribution in [0.2, 0.25) is 0 Å². The van der Waals surface area contributed by atoms with Gasteiger partial charge in [-0.15, -0.1) is 0 Å². The Morgan fingerprint density at radius 1 is 1.05 bits per heavy atom. The van der Waals surface area contributed by atoms with E-state index in [2.05, 4.69) is 10.3 Å². The number of amides is 4. The molecule has 236 valence electrons. The van der Waals surface area contributed by atoms with Crippen molar-refractivity contribution in [2.75, 3.05) is 38.5 Å². The summed E-state index contributed by atoms with van der Waals surface area (Å²) in [4.78, 5) is 61.1. The molecule has 1 saturated heterocycles. The van der Waals surface area contributed by atoms with E-state index < -0.39 is 35.1 Å². The number of nitrogens with zero attached hydrogens (tertiary/aromatic N) is 4. The summed E-state index contributed by atoms with van der Waals surface area (Å²) in [5.41, 5.74) is 1.30.